The van der Waals surface area contributed by atoms with Gasteiger partial charge in [0.2, 0.25) is 0 Å². The summed E-state index contributed by atoms with van der Waals surface area (Å²) in [5.74, 6) is 0.839. The van der Waals surface area contributed by atoms with Gasteiger partial charge in [0.15, 0.2) is 5.82 Å². The van der Waals surface area contributed by atoms with E-state index in [1.54, 1.807) is 0 Å². The fraction of sp³-hybridized carbons (Fsp3) is 0.192. The molecule has 0 aliphatic carbocycles. The molecule has 8 heteroatoms. The number of para-hydroxylation sites is 1. The van der Waals surface area contributed by atoms with Gasteiger partial charge < -0.3 is 15.1 Å². The number of nitrogens with zero attached hydrogens (tertiary/aromatic N) is 3. The van der Waals surface area contributed by atoms with Gasteiger partial charge in [0.05, 0.1) is 11.1 Å². The maximum Gasteiger partial charge on any atom is 0.255 e. The summed E-state index contributed by atoms with van der Waals surface area (Å²) in [6.45, 7) is 2.75. The number of hydrogen-bond donors (Lipinski definition) is 2. The second kappa shape index (κ2) is 9.84. The molecule has 0 unspecified atom stereocenters. The first kappa shape index (κ1) is 22.4. The van der Waals surface area contributed by atoms with E-state index in [2.05, 4.69) is 38.1 Å². The average Bonchev–Trinajstić information content (AvgIpc) is 3.30. The van der Waals surface area contributed by atoms with E-state index in [1.807, 2.05) is 82.6 Å². The van der Waals surface area contributed by atoms with E-state index in [1.165, 1.54) is 0 Å². The molecule has 2 heterocycles. The third-order valence-corrected chi connectivity index (χ3v) is 7.03. The number of carbonyl (C=O) groups excluding carboxylic acids is 2. The zero-order valence-electron chi connectivity index (χ0n) is 18.5. The summed E-state index contributed by atoms with van der Waals surface area (Å²) in [5, 5.41) is 11.8. The van der Waals surface area contributed by atoms with Crippen LogP contribution in [0.1, 0.15) is 26.3 Å². The van der Waals surface area contributed by atoms with Gasteiger partial charge >= 0.3 is 0 Å². The Hall–Kier alpha value is -3.40. The lowest BCUT2D eigenvalue weighted by atomic mass is 10.1. The van der Waals surface area contributed by atoms with Crippen molar-refractivity contribution >= 4 is 51.1 Å². The van der Waals surface area contributed by atoms with Crippen LogP contribution >= 0.6 is 22.6 Å². The monoisotopic (exact) mass is 565 g/mol. The van der Waals surface area contributed by atoms with E-state index in [0.717, 1.165) is 31.4 Å². The fourth-order valence-corrected chi connectivity index (χ4v) is 4.77. The highest BCUT2D eigenvalue weighted by Gasteiger charge is 2.26. The lowest BCUT2D eigenvalue weighted by Gasteiger charge is -2.35. The van der Waals surface area contributed by atoms with E-state index in [0.29, 0.717) is 38.3 Å². The van der Waals surface area contributed by atoms with Crippen LogP contribution in [0.3, 0.4) is 0 Å². The first-order valence-corrected chi connectivity index (χ1v) is 12.3. The minimum atomic E-state index is -0.000745. The minimum absolute atomic E-state index is 0.000745. The number of hydrogen-bond acceptors (Lipinski definition) is 4. The summed E-state index contributed by atoms with van der Waals surface area (Å²) in [6.07, 6.45) is 0. The Kier molecular flexibility index (Phi) is 6.48. The van der Waals surface area contributed by atoms with Gasteiger partial charge in [-0.2, -0.15) is 5.10 Å². The summed E-state index contributed by atoms with van der Waals surface area (Å²) in [5.41, 5.74) is 3.43. The Morgan fingerprint density at radius 1 is 0.853 bits per heavy atom. The van der Waals surface area contributed by atoms with Gasteiger partial charge in [-0.05, 0) is 64.6 Å². The van der Waals surface area contributed by atoms with Gasteiger partial charge in [-0.1, -0.05) is 36.4 Å². The standard InChI is InChI=1S/C26H24IN5O2/c27-22-7-3-1-5-20(22)26(34)32-15-13-31(14-16-32)25(33)19-11-9-18(10-12-19)17-28-24-21-6-2-4-8-23(21)29-30-24/h1-12H,13-17H2,(H2,28,29,30). The van der Waals surface area contributed by atoms with Crippen LogP contribution < -0.4 is 5.32 Å². The molecule has 1 fully saturated rings. The maximum absolute atomic E-state index is 13.0. The number of halogens is 1. The molecule has 0 spiro atoms. The number of benzene rings is 3. The Balaban J connectivity index is 1.16. The van der Waals surface area contributed by atoms with Crippen LogP contribution in [0.4, 0.5) is 5.82 Å². The largest absolute Gasteiger partial charge is 0.364 e. The number of aromatic amines is 1. The second-order valence-corrected chi connectivity index (χ2v) is 9.39. The number of fused-ring (bicyclic) bond motifs is 1. The molecule has 2 N–H and O–H groups in total. The van der Waals surface area contributed by atoms with E-state index < -0.39 is 0 Å². The van der Waals surface area contributed by atoms with E-state index >= 15 is 0 Å². The van der Waals surface area contributed by atoms with Crippen molar-refractivity contribution in [2.24, 2.45) is 0 Å². The number of aromatic nitrogens is 2. The molecule has 1 saturated heterocycles. The third kappa shape index (κ3) is 4.63. The van der Waals surface area contributed by atoms with Crippen molar-refractivity contribution in [2.45, 2.75) is 6.54 Å². The van der Waals surface area contributed by atoms with Gasteiger partial charge in [-0.15, -0.1) is 0 Å². The smallest absolute Gasteiger partial charge is 0.255 e. The van der Waals surface area contributed by atoms with E-state index in [-0.39, 0.29) is 11.8 Å². The summed E-state index contributed by atoms with van der Waals surface area (Å²) in [6, 6.07) is 23.2. The first-order valence-electron chi connectivity index (χ1n) is 11.2. The van der Waals surface area contributed by atoms with Crippen molar-refractivity contribution in [3.63, 3.8) is 0 Å². The lowest BCUT2D eigenvalue weighted by Crippen LogP contribution is -2.50. The van der Waals surface area contributed by atoms with Crippen LogP contribution in [0.25, 0.3) is 10.9 Å². The molecule has 172 valence electrons. The number of H-pyrrole nitrogens is 1. The van der Waals surface area contributed by atoms with Crippen LogP contribution in [-0.2, 0) is 6.54 Å². The molecule has 0 radical (unpaired) electrons. The van der Waals surface area contributed by atoms with Gasteiger partial charge in [0, 0.05) is 47.2 Å². The first-order chi connectivity index (χ1) is 16.6. The molecular weight excluding hydrogens is 541 g/mol. The normalized spacial score (nSPS) is 13.8. The number of rotatable bonds is 5. The summed E-state index contributed by atoms with van der Waals surface area (Å²) in [4.78, 5) is 29.5. The van der Waals surface area contributed by atoms with Crippen LogP contribution in [-0.4, -0.2) is 58.0 Å². The molecule has 0 saturated carbocycles. The molecule has 0 bridgehead atoms. The van der Waals surface area contributed by atoms with Crippen molar-refractivity contribution in [3.05, 3.63) is 93.1 Å². The van der Waals surface area contributed by atoms with Gasteiger partial charge in [-0.3, -0.25) is 14.7 Å². The average molecular weight is 565 g/mol. The van der Waals surface area contributed by atoms with Crippen molar-refractivity contribution in [2.75, 3.05) is 31.5 Å². The predicted molar refractivity (Wildman–Crippen MR) is 141 cm³/mol. The maximum atomic E-state index is 13.0. The molecule has 2 amide bonds. The Morgan fingerprint density at radius 2 is 1.50 bits per heavy atom. The molecule has 1 aliphatic rings. The predicted octanol–water partition coefficient (Wildman–Crippen LogP) is 4.38. The highest BCUT2D eigenvalue weighted by Crippen LogP contribution is 2.21. The topological polar surface area (TPSA) is 81.3 Å². The number of anilines is 1. The Bertz CT molecular complexity index is 1330. The molecule has 7 nitrogen and oxygen atoms in total. The van der Waals surface area contributed by atoms with Crippen LogP contribution in [0.5, 0.6) is 0 Å². The van der Waals surface area contributed by atoms with E-state index in [9.17, 15) is 9.59 Å². The van der Waals surface area contributed by atoms with Crippen molar-refractivity contribution in [3.8, 4) is 0 Å². The summed E-state index contributed by atoms with van der Waals surface area (Å²) < 4.78 is 0.943. The van der Waals surface area contributed by atoms with Gasteiger partial charge in [0.1, 0.15) is 0 Å². The Morgan fingerprint density at radius 3 is 2.24 bits per heavy atom. The molecule has 3 aromatic carbocycles. The lowest BCUT2D eigenvalue weighted by molar-refractivity contribution is 0.0535. The van der Waals surface area contributed by atoms with Gasteiger partial charge in [0.25, 0.3) is 11.8 Å². The third-order valence-electron chi connectivity index (χ3n) is 6.09. The number of nitrogens with one attached hydrogen (secondary N) is 2. The zero-order chi connectivity index (χ0) is 23.5. The van der Waals surface area contributed by atoms with Gasteiger partial charge in [-0.25, -0.2) is 0 Å². The molecule has 0 atom stereocenters. The zero-order valence-corrected chi connectivity index (χ0v) is 20.7. The summed E-state index contributed by atoms with van der Waals surface area (Å²) >= 11 is 2.19. The molecule has 5 rings (SSSR count). The van der Waals surface area contributed by atoms with E-state index in [4.69, 9.17) is 0 Å². The number of carbonyl (C=O) groups is 2. The highest BCUT2D eigenvalue weighted by atomic mass is 127. The SMILES string of the molecule is O=C(c1ccc(CNc2n[nH]c3ccccc23)cc1)N1CCN(C(=O)c2ccccc2I)CC1. The Labute approximate surface area is 211 Å². The molecule has 34 heavy (non-hydrogen) atoms. The molecular formula is C26H24IN5O2. The number of piperazine rings is 1. The summed E-state index contributed by atoms with van der Waals surface area (Å²) in [7, 11) is 0. The quantitative estimate of drug-likeness (QED) is 0.352. The molecule has 1 aliphatic heterocycles. The van der Waals surface area contributed by atoms with Crippen molar-refractivity contribution in [1.29, 1.82) is 0 Å². The van der Waals surface area contributed by atoms with Crippen molar-refractivity contribution < 1.29 is 9.59 Å². The van der Waals surface area contributed by atoms with Crippen LogP contribution in [0.2, 0.25) is 0 Å². The fourth-order valence-electron chi connectivity index (χ4n) is 4.15. The van der Waals surface area contributed by atoms with Crippen molar-refractivity contribution in [1.82, 2.24) is 20.0 Å². The minimum Gasteiger partial charge on any atom is -0.364 e. The molecule has 1 aromatic heterocycles. The van der Waals surface area contributed by atoms with Crippen LogP contribution in [0.15, 0.2) is 72.8 Å². The molecule has 4 aromatic rings. The second-order valence-electron chi connectivity index (χ2n) is 8.23. The number of amides is 2. The van der Waals surface area contributed by atoms with Crippen LogP contribution in [0, 0.1) is 3.57 Å². The highest BCUT2D eigenvalue weighted by molar-refractivity contribution is 14.1.